The Labute approximate surface area is 215 Å². The van der Waals surface area contributed by atoms with E-state index in [1.54, 1.807) is 12.1 Å². The number of rotatable bonds is 6. The van der Waals surface area contributed by atoms with Gasteiger partial charge in [0.05, 0.1) is 16.3 Å². The molecule has 3 heterocycles. The molecule has 1 saturated heterocycles. The first-order valence-corrected chi connectivity index (χ1v) is 12.9. The Hall–Kier alpha value is -4.04. The van der Waals surface area contributed by atoms with E-state index in [-0.39, 0.29) is 16.5 Å². The maximum absolute atomic E-state index is 12.7. The standard InChI is InChI=1S/C29H29N5O3/c35-29(22-8-4-9-22)32-16-14-31(15-17-32)20-26-28(23-10-5-11-25(18-23)34(36)37)30-27-13-12-24(19-33(26)27)21-6-2-1-3-7-21/h1-3,5-7,10-13,18-19,22H,4,8-9,14-17,20H2. The average molecular weight is 496 g/mol. The fraction of sp³-hybridized carbons (Fsp3) is 0.310. The third kappa shape index (κ3) is 4.60. The van der Waals surface area contributed by atoms with E-state index in [4.69, 9.17) is 4.98 Å². The van der Waals surface area contributed by atoms with E-state index in [9.17, 15) is 14.9 Å². The summed E-state index contributed by atoms with van der Waals surface area (Å²) in [6, 6.07) is 21.0. The molecule has 0 spiro atoms. The van der Waals surface area contributed by atoms with Crippen molar-refractivity contribution in [3.8, 4) is 22.4 Å². The van der Waals surface area contributed by atoms with Crippen LogP contribution in [0.25, 0.3) is 28.0 Å². The van der Waals surface area contributed by atoms with Crippen molar-refractivity contribution >= 4 is 17.2 Å². The molecule has 2 fully saturated rings. The minimum Gasteiger partial charge on any atom is -0.340 e. The van der Waals surface area contributed by atoms with E-state index in [1.807, 2.05) is 35.2 Å². The Kier molecular flexibility index (Phi) is 6.18. The Morgan fingerprint density at radius 1 is 0.919 bits per heavy atom. The number of imidazole rings is 1. The molecule has 8 heteroatoms. The van der Waals surface area contributed by atoms with Crippen molar-refractivity contribution in [1.29, 1.82) is 0 Å². The molecule has 0 unspecified atom stereocenters. The van der Waals surface area contributed by atoms with E-state index in [1.165, 1.54) is 6.07 Å². The summed E-state index contributed by atoms with van der Waals surface area (Å²) in [5, 5.41) is 11.5. The average Bonchev–Trinajstić information content (AvgIpc) is 3.26. The molecule has 37 heavy (non-hydrogen) atoms. The quantitative estimate of drug-likeness (QED) is 0.277. The molecule has 1 saturated carbocycles. The van der Waals surface area contributed by atoms with Gasteiger partial charge in [0, 0.05) is 62.5 Å². The molecular weight excluding hydrogens is 466 g/mol. The Morgan fingerprint density at radius 2 is 1.68 bits per heavy atom. The van der Waals surface area contributed by atoms with Crippen molar-refractivity contribution in [1.82, 2.24) is 19.2 Å². The van der Waals surface area contributed by atoms with Gasteiger partial charge < -0.3 is 9.30 Å². The monoisotopic (exact) mass is 495 g/mol. The number of carbonyl (C=O) groups is 1. The lowest BCUT2D eigenvalue weighted by Gasteiger charge is -2.38. The highest BCUT2D eigenvalue weighted by Crippen LogP contribution is 2.31. The molecular formula is C29H29N5O3. The van der Waals surface area contributed by atoms with Gasteiger partial charge in [0.2, 0.25) is 5.91 Å². The highest BCUT2D eigenvalue weighted by atomic mass is 16.6. The molecule has 0 atom stereocenters. The molecule has 1 amide bonds. The van der Waals surface area contributed by atoms with Crippen molar-refractivity contribution < 1.29 is 9.72 Å². The van der Waals surface area contributed by atoms with Gasteiger partial charge in [-0.3, -0.25) is 19.8 Å². The maximum atomic E-state index is 12.7. The molecule has 0 bridgehead atoms. The van der Waals surface area contributed by atoms with Gasteiger partial charge in [0.25, 0.3) is 5.69 Å². The lowest BCUT2D eigenvalue weighted by Crippen LogP contribution is -2.50. The lowest BCUT2D eigenvalue weighted by atomic mass is 9.84. The van der Waals surface area contributed by atoms with Gasteiger partial charge in [-0.1, -0.05) is 48.9 Å². The summed E-state index contributed by atoms with van der Waals surface area (Å²) in [5.74, 6) is 0.535. The zero-order valence-electron chi connectivity index (χ0n) is 20.6. The number of nitro groups is 1. The molecule has 0 N–H and O–H groups in total. The van der Waals surface area contributed by atoms with Crippen molar-refractivity contribution in [3.05, 3.63) is 88.7 Å². The van der Waals surface area contributed by atoms with Gasteiger partial charge in [0.15, 0.2) is 0 Å². The van der Waals surface area contributed by atoms with Crippen LogP contribution in [-0.2, 0) is 11.3 Å². The molecule has 1 aliphatic carbocycles. The number of nitrogens with zero attached hydrogens (tertiary/aromatic N) is 5. The van der Waals surface area contributed by atoms with Gasteiger partial charge in [-0.25, -0.2) is 4.98 Å². The molecule has 2 aromatic heterocycles. The largest absolute Gasteiger partial charge is 0.340 e. The fourth-order valence-corrected chi connectivity index (χ4v) is 5.30. The molecule has 1 aliphatic heterocycles. The van der Waals surface area contributed by atoms with Gasteiger partial charge in [-0.2, -0.15) is 0 Å². The number of pyridine rings is 1. The third-order valence-electron chi connectivity index (χ3n) is 7.67. The summed E-state index contributed by atoms with van der Waals surface area (Å²) >= 11 is 0. The topological polar surface area (TPSA) is 84.0 Å². The van der Waals surface area contributed by atoms with Crippen LogP contribution in [0.4, 0.5) is 5.69 Å². The molecule has 4 aromatic rings. The predicted molar refractivity (Wildman–Crippen MR) is 142 cm³/mol. The van der Waals surface area contributed by atoms with Crippen molar-refractivity contribution in [2.45, 2.75) is 25.8 Å². The highest BCUT2D eigenvalue weighted by molar-refractivity contribution is 5.79. The van der Waals surface area contributed by atoms with E-state index in [0.717, 1.165) is 79.2 Å². The second-order valence-electron chi connectivity index (χ2n) is 9.96. The number of fused-ring (bicyclic) bond motifs is 1. The van der Waals surface area contributed by atoms with Crippen LogP contribution in [0.2, 0.25) is 0 Å². The number of piperazine rings is 1. The zero-order valence-corrected chi connectivity index (χ0v) is 20.6. The molecule has 0 radical (unpaired) electrons. The van der Waals surface area contributed by atoms with Crippen LogP contribution in [0.5, 0.6) is 0 Å². The summed E-state index contributed by atoms with van der Waals surface area (Å²) < 4.78 is 2.11. The number of amides is 1. The second-order valence-corrected chi connectivity index (χ2v) is 9.96. The van der Waals surface area contributed by atoms with Gasteiger partial charge in [-0.15, -0.1) is 0 Å². The first kappa shape index (κ1) is 23.4. The molecule has 2 aliphatic rings. The number of nitro benzene ring substituents is 1. The predicted octanol–water partition coefficient (Wildman–Crippen LogP) is 5.02. The SMILES string of the molecule is O=C(C1CCC1)N1CCN(Cc2c(-c3cccc([N+](=O)[O-])c3)nc3ccc(-c4ccccc4)cn23)CC1. The number of hydrogen-bond donors (Lipinski definition) is 0. The van der Waals surface area contributed by atoms with Crippen LogP contribution >= 0.6 is 0 Å². The number of hydrogen-bond acceptors (Lipinski definition) is 5. The summed E-state index contributed by atoms with van der Waals surface area (Å²) in [7, 11) is 0. The molecule has 2 aromatic carbocycles. The molecule has 8 nitrogen and oxygen atoms in total. The van der Waals surface area contributed by atoms with Crippen LogP contribution in [0.1, 0.15) is 25.0 Å². The zero-order chi connectivity index (χ0) is 25.4. The third-order valence-corrected chi connectivity index (χ3v) is 7.67. The fourth-order valence-electron chi connectivity index (χ4n) is 5.30. The Balaban J connectivity index is 1.34. The van der Waals surface area contributed by atoms with Crippen molar-refractivity contribution in [2.75, 3.05) is 26.2 Å². The number of carbonyl (C=O) groups excluding carboxylic acids is 1. The summed E-state index contributed by atoms with van der Waals surface area (Å²) in [6.45, 7) is 3.68. The van der Waals surface area contributed by atoms with Crippen molar-refractivity contribution in [3.63, 3.8) is 0 Å². The van der Waals surface area contributed by atoms with E-state index >= 15 is 0 Å². The minimum absolute atomic E-state index is 0.0496. The normalized spacial score (nSPS) is 16.6. The van der Waals surface area contributed by atoms with Crippen LogP contribution in [-0.4, -0.2) is 56.2 Å². The van der Waals surface area contributed by atoms with E-state index in [0.29, 0.717) is 12.5 Å². The number of benzene rings is 2. The maximum Gasteiger partial charge on any atom is 0.270 e. The first-order chi connectivity index (χ1) is 18.1. The second kappa shape index (κ2) is 9.78. The van der Waals surface area contributed by atoms with Crippen LogP contribution < -0.4 is 0 Å². The van der Waals surface area contributed by atoms with Crippen LogP contribution in [0.15, 0.2) is 72.9 Å². The van der Waals surface area contributed by atoms with Crippen molar-refractivity contribution in [2.24, 2.45) is 5.92 Å². The lowest BCUT2D eigenvalue weighted by molar-refractivity contribution is -0.384. The van der Waals surface area contributed by atoms with Gasteiger partial charge in [-0.05, 0) is 36.1 Å². The minimum atomic E-state index is -0.370. The summed E-state index contributed by atoms with van der Waals surface area (Å²) in [5.41, 5.74) is 5.52. The highest BCUT2D eigenvalue weighted by Gasteiger charge is 2.31. The van der Waals surface area contributed by atoms with E-state index < -0.39 is 0 Å². The van der Waals surface area contributed by atoms with Gasteiger partial charge in [0.1, 0.15) is 5.65 Å². The van der Waals surface area contributed by atoms with Gasteiger partial charge >= 0.3 is 0 Å². The Bertz CT molecular complexity index is 1450. The number of aromatic nitrogens is 2. The Morgan fingerprint density at radius 3 is 2.38 bits per heavy atom. The molecule has 6 rings (SSSR count). The van der Waals surface area contributed by atoms with Crippen LogP contribution in [0, 0.1) is 16.0 Å². The van der Waals surface area contributed by atoms with E-state index in [2.05, 4.69) is 33.7 Å². The van der Waals surface area contributed by atoms with Crippen LogP contribution in [0.3, 0.4) is 0 Å². The smallest absolute Gasteiger partial charge is 0.270 e. The summed E-state index contributed by atoms with van der Waals surface area (Å²) in [4.78, 5) is 33.1. The summed E-state index contributed by atoms with van der Waals surface area (Å²) in [6.07, 6.45) is 5.31. The number of non-ortho nitro benzene ring substituents is 1. The molecule has 188 valence electrons. The first-order valence-electron chi connectivity index (χ1n) is 12.9.